The minimum absolute atomic E-state index is 0.271. The monoisotopic (exact) mass is 375 g/mol. The molecular weight excluding hydrogens is 360 g/mol. The molecule has 0 spiro atoms. The van der Waals surface area contributed by atoms with E-state index >= 15 is 0 Å². The highest BCUT2D eigenvalue weighted by atomic mass is 35.5. The van der Waals surface area contributed by atoms with E-state index in [0.717, 1.165) is 54.1 Å². The van der Waals surface area contributed by atoms with Gasteiger partial charge in [0.25, 0.3) is 0 Å². The SMILES string of the molecule is Fc1cccc(-c2nn(-c3ccc(Cl)cc3Cl)c3c2CCCCN3)c1. The maximum atomic E-state index is 13.7. The molecule has 0 radical (unpaired) electrons. The van der Waals surface area contributed by atoms with Gasteiger partial charge in [-0.05, 0) is 49.6 Å². The van der Waals surface area contributed by atoms with Crippen LogP contribution in [-0.2, 0) is 6.42 Å². The standard InChI is InChI=1S/C19H16Cl2FN3/c20-13-7-8-17(16(21)11-13)25-19-15(6-1-2-9-23-19)18(24-25)12-4-3-5-14(22)10-12/h3-5,7-8,10-11,23H,1-2,6,9H2. The third kappa shape index (κ3) is 3.12. The second-order valence-corrected chi connectivity index (χ2v) is 6.92. The summed E-state index contributed by atoms with van der Waals surface area (Å²) in [4.78, 5) is 0. The van der Waals surface area contributed by atoms with Crippen LogP contribution in [-0.4, -0.2) is 16.3 Å². The van der Waals surface area contributed by atoms with Crippen LogP contribution in [0.1, 0.15) is 18.4 Å². The highest BCUT2D eigenvalue weighted by molar-refractivity contribution is 6.35. The highest BCUT2D eigenvalue weighted by Crippen LogP contribution is 2.36. The quantitative estimate of drug-likeness (QED) is 0.619. The summed E-state index contributed by atoms with van der Waals surface area (Å²) in [6.07, 6.45) is 3.02. The summed E-state index contributed by atoms with van der Waals surface area (Å²) in [5.74, 6) is 0.646. The Bertz CT molecular complexity index is 936. The van der Waals surface area contributed by atoms with Gasteiger partial charge in [-0.3, -0.25) is 0 Å². The predicted octanol–water partition coefficient (Wildman–Crippen LogP) is 5.73. The number of rotatable bonds is 2. The Labute approximate surface area is 155 Å². The van der Waals surface area contributed by atoms with Crippen molar-refractivity contribution in [1.82, 2.24) is 9.78 Å². The van der Waals surface area contributed by atoms with E-state index in [1.165, 1.54) is 12.1 Å². The van der Waals surface area contributed by atoms with Gasteiger partial charge in [0, 0.05) is 22.7 Å². The van der Waals surface area contributed by atoms with Gasteiger partial charge in [-0.1, -0.05) is 35.3 Å². The second kappa shape index (κ2) is 6.70. The van der Waals surface area contributed by atoms with Gasteiger partial charge >= 0.3 is 0 Å². The molecule has 2 heterocycles. The molecule has 0 atom stereocenters. The van der Waals surface area contributed by atoms with Gasteiger partial charge in [0.05, 0.1) is 16.4 Å². The van der Waals surface area contributed by atoms with Crippen molar-refractivity contribution >= 4 is 29.0 Å². The van der Waals surface area contributed by atoms with E-state index < -0.39 is 0 Å². The van der Waals surface area contributed by atoms with E-state index in [1.54, 1.807) is 22.9 Å². The number of nitrogens with zero attached hydrogens (tertiary/aromatic N) is 2. The molecule has 128 valence electrons. The number of nitrogens with one attached hydrogen (secondary N) is 1. The van der Waals surface area contributed by atoms with Gasteiger partial charge < -0.3 is 5.32 Å². The molecule has 3 aromatic rings. The van der Waals surface area contributed by atoms with E-state index in [1.807, 2.05) is 12.1 Å². The molecule has 0 fully saturated rings. The Morgan fingerprint density at radius 2 is 1.96 bits per heavy atom. The van der Waals surface area contributed by atoms with Crippen molar-refractivity contribution in [1.29, 1.82) is 0 Å². The molecule has 3 nitrogen and oxygen atoms in total. The Balaban J connectivity index is 1.93. The van der Waals surface area contributed by atoms with Gasteiger partial charge in [-0.2, -0.15) is 5.10 Å². The predicted molar refractivity (Wildman–Crippen MR) is 100 cm³/mol. The van der Waals surface area contributed by atoms with Gasteiger partial charge in [-0.25, -0.2) is 9.07 Å². The lowest BCUT2D eigenvalue weighted by atomic mass is 10.0. The van der Waals surface area contributed by atoms with Crippen LogP contribution >= 0.6 is 23.2 Å². The van der Waals surface area contributed by atoms with Crippen molar-refractivity contribution in [2.75, 3.05) is 11.9 Å². The molecule has 0 saturated carbocycles. The van der Waals surface area contributed by atoms with E-state index in [0.29, 0.717) is 10.0 Å². The van der Waals surface area contributed by atoms with Gasteiger partial charge in [0.1, 0.15) is 11.6 Å². The largest absolute Gasteiger partial charge is 0.370 e. The molecule has 2 aromatic carbocycles. The summed E-state index contributed by atoms with van der Waals surface area (Å²) >= 11 is 12.4. The third-order valence-corrected chi connectivity index (χ3v) is 4.90. The number of fused-ring (bicyclic) bond motifs is 1. The summed E-state index contributed by atoms with van der Waals surface area (Å²) < 4.78 is 15.5. The molecule has 0 aliphatic carbocycles. The zero-order chi connectivity index (χ0) is 17.4. The van der Waals surface area contributed by atoms with E-state index in [-0.39, 0.29) is 5.82 Å². The fourth-order valence-electron chi connectivity index (χ4n) is 3.20. The molecule has 0 bridgehead atoms. The fourth-order valence-corrected chi connectivity index (χ4v) is 3.69. The maximum Gasteiger partial charge on any atom is 0.133 e. The van der Waals surface area contributed by atoms with Crippen LogP contribution in [0.3, 0.4) is 0 Å². The van der Waals surface area contributed by atoms with Crippen molar-refractivity contribution in [2.24, 2.45) is 0 Å². The Hall–Kier alpha value is -2.04. The molecular formula is C19H16Cl2FN3. The first-order chi connectivity index (χ1) is 12.1. The summed E-state index contributed by atoms with van der Waals surface area (Å²) in [6, 6.07) is 11.9. The van der Waals surface area contributed by atoms with Crippen molar-refractivity contribution < 1.29 is 4.39 Å². The number of halogens is 3. The average molecular weight is 376 g/mol. The first kappa shape index (κ1) is 16.4. The molecule has 0 unspecified atom stereocenters. The smallest absolute Gasteiger partial charge is 0.133 e. The molecule has 4 rings (SSSR count). The van der Waals surface area contributed by atoms with Gasteiger partial charge in [0.2, 0.25) is 0 Å². The van der Waals surface area contributed by atoms with E-state index in [2.05, 4.69) is 5.32 Å². The van der Waals surface area contributed by atoms with E-state index in [9.17, 15) is 4.39 Å². The molecule has 1 N–H and O–H groups in total. The summed E-state index contributed by atoms with van der Waals surface area (Å²) in [6.45, 7) is 0.868. The number of hydrogen-bond acceptors (Lipinski definition) is 2. The first-order valence-corrected chi connectivity index (χ1v) is 8.96. The summed E-state index contributed by atoms with van der Waals surface area (Å²) in [5.41, 5.74) is 3.40. The molecule has 0 amide bonds. The summed E-state index contributed by atoms with van der Waals surface area (Å²) in [5, 5.41) is 9.32. The zero-order valence-electron chi connectivity index (χ0n) is 13.4. The molecule has 0 saturated heterocycles. The zero-order valence-corrected chi connectivity index (χ0v) is 14.9. The third-order valence-electron chi connectivity index (χ3n) is 4.37. The number of aromatic nitrogens is 2. The van der Waals surface area contributed by atoms with Crippen molar-refractivity contribution in [3.63, 3.8) is 0 Å². The van der Waals surface area contributed by atoms with E-state index in [4.69, 9.17) is 28.3 Å². The van der Waals surface area contributed by atoms with Crippen LogP contribution in [0.2, 0.25) is 10.0 Å². The Kier molecular flexibility index (Phi) is 4.40. The lowest BCUT2D eigenvalue weighted by Gasteiger charge is -2.10. The topological polar surface area (TPSA) is 29.9 Å². The number of anilines is 1. The fraction of sp³-hybridized carbons (Fsp3) is 0.211. The molecule has 6 heteroatoms. The van der Waals surface area contributed by atoms with Gasteiger partial charge in [0.15, 0.2) is 0 Å². The van der Waals surface area contributed by atoms with Crippen molar-refractivity contribution in [3.05, 3.63) is 63.9 Å². The molecule has 1 aromatic heterocycles. The lowest BCUT2D eigenvalue weighted by Crippen LogP contribution is -2.07. The molecule has 1 aliphatic heterocycles. The summed E-state index contributed by atoms with van der Waals surface area (Å²) in [7, 11) is 0. The maximum absolute atomic E-state index is 13.7. The van der Waals surface area contributed by atoms with Crippen LogP contribution in [0, 0.1) is 5.82 Å². The lowest BCUT2D eigenvalue weighted by molar-refractivity contribution is 0.628. The molecule has 1 aliphatic rings. The minimum Gasteiger partial charge on any atom is -0.370 e. The highest BCUT2D eigenvalue weighted by Gasteiger charge is 2.22. The minimum atomic E-state index is -0.271. The van der Waals surface area contributed by atoms with Crippen molar-refractivity contribution in [2.45, 2.75) is 19.3 Å². The van der Waals surface area contributed by atoms with Crippen LogP contribution in [0.25, 0.3) is 16.9 Å². The van der Waals surface area contributed by atoms with Crippen LogP contribution in [0.15, 0.2) is 42.5 Å². The number of benzene rings is 2. The normalized spacial score (nSPS) is 13.9. The van der Waals surface area contributed by atoms with Crippen LogP contribution in [0.4, 0.5) is 10.2 Å². The first-order valence-electron chi connectivity index (χ1n) is 8.20. The second-order valence-electron chi connectivity index (χ2n) is 6.08. The Morgan fingerprint density at radius 1 is 1.08 bits per heavy atom. The van der Waals surface area contributed by atoms with Gasteiger partial charge in [-0.15, -0.1) is 0 Å². The molecule has 25 heavy (non-hydrogen) atoms. The van der Waals surface area contributed by atoms with Crippen LogP contribution < -0.4 is 5.32 Å². The average Bonchev–Trinajstić information content (AvgIpc) is 2.77. The number of hydrogen-bond donors (Lipinski definition) is 1. The van der Waals surface area contributed by atoms with Crippen LogP contribution in [0.5, 0.6) is 0 Å². The Morgan fingerprint density at radius 3 is 2.76 bits per heavy atom. The van der Waals surface area contributed by atoms with Crippen molar-refractivity contribution in [3.8, 4) is 16.9 Å².